The number of halogens is 1. The van der Waals surface area contributed by atoms with Crippen molar-refractivity contribution in [2.45, 2.75) is 12.6 Å². The number of rotatable bonds is 6. The molecular weight excluding hydrogens is 320 g/mol. The largest absolute Gasteiger partial charge is 0.467 e. The molecule has 0 fully saturated rings. The minimum atomic E-state index is -0.729. The summed E-state index contributed by atoms with van der Waals surface area (Å²) in [7, 11) is 1.50. The Kier molecular flexibility index (Phi) is 6.19. The minimum Gasteiger partial charge on any atom is -0.467 e. The van der Waals surface area contributed by atoms with Crippen LogP contribution in [0.25, 0.3) is 0 Å². The normalized spacial score (nSPS) is 11.7. The highest BCUT2D eigenvalue weighted by Gasteiger charge is 2.18. The number of hydrogen-bond acceptors (Lipinski definition) is 4. The molecule has 0 aliphatic carbocycles. The van der Waals surface area contributed by atoms with Gasteiger partial charge in [0.25, 0.3) is 0 Å². The van der Waals surface area contributed by atoms with Gasteiger partial charge in [0.05, 0.1) is 12.8 Å². The number of carbonyl (C=O) groups is 2. The van der Waals surface area contributed by atoms with E-state index in [4.69, 9.17) is 20.8 Å². The lowest BCUT2D eigenvalue weighted by Gasteiger charge is -2.13. The van der Waals surface area contributed by atoms with Crippen molar-refractivity contribution in [1.29, 1.82) is 0 Å². The van der Waals surface area contributed by atoms with E-state index in [-0.39, 0.29) is 13.1 Å². The summed E-state index contributed by atoms with van der Waals surface area (Å²) in [5.41, 5.74) is 0.848. The van der Waals surface area contributed by atoms with Crippen molar-refractivity contribution < 1.29 is 18.7 Å². The average molecular weight is 337 g/mol. The van der Waals surface area contributed by atoms with Crippen LogP contribution in [-0.4, -0.2) is 25.5 Å². The summed E-state index contributed by atoms with van der Waals surface area (Å²) < 4.78 is 10.4. The molecule has 2 rings (SSSR count). The molecule has 6 nitrogen and oxygen atoms in total. The van der Waals surface area contributed by atoms with E-state index in [0.29, 0.717) is 10.8 Å². The molecule has 1 aromatic heterocycles. The van der Waals surface area contributed by atoms with Crippen molar-refractivity contribution >= 4 is 23.4 Å². The molecule has 0 spiro atoms. The molecule has 2 amide bonds. The second kappa shape index (κ2) is 8.36. The first kappa shape index (κ1) is 17.1. The fraction of sp³-hybridized carbons (Fsp3) is 0.250. The molecule has 7 heteroatoms. The minimum absolute atomic E-state index is 0.136. The maximum absolute atomic E-state index is 11.8. The maximum Gasteiger partial charge on any atom is 0.309 e. The van der Waals surface area contributed by atoms with Crippen molar-refractivity contribution in [2.24, 2.45) is 0 Å². The highest BCUT2D eigenvalue weighted by molar-refractivity contribution is 6.35. The predicted octanol–water partition coefficient (Wildman–Crippen LogP) is 2.05. The number of carbonyl (C=O) groups excluding carboxylic acids is 2. The van der Waals surface area contributed by atoms with Crippen molar-refractivity contribution in [2.75, 3.05) is 13.7 Å². The maximum atomic E-state index is 11.8. The molecule has 23 heavy (non-hydrogen) atoms. The topological polar surface area (TPSA) is 80.6 Å². The summed E-state index contributed by atoms with van der Waals surface area (Å²) in [5.74, 6) is -0.865. The molecule has 0 radical (unpaired) electrons. The van der Waals surface area contributed by atoms with E-state index in [1.807, 2.05) is 0 Å². The Bertz CT molecular complexity index is 641. The summed E-state index contributed by atoms with van der Waals surface area (Å²) in [4.78, 5) is 23.5. The van der Waals surface area contributed by atoms with Crippen LogP contribution in [0.5, 0.6) is 0 Å². The SMILES string of the molecule is COC(CNC(=O)C(=O)NCc1ccc(Cl)cc1)c1ccco1. The molecule has 0 saturated heterocycles. The van der Waals surface area contributed by atoms with Gasteiger partial charge in [0, 0.05) is 18.7 Å². The van der Waals surface area contributed by atoms with E-state index in [1.54, 1.807) is 36.4 Å². The lowest BCUT2D eigenvalue weighted by atomic mass is 10.2. The van der Waals surface area contributed by atoms with Crippen molar-refractivity contribution in [3.8, 4) is 0 Å². The van der Waals surface area contributed by atoms with Gasteiger partial charge in [-0.25, -0.2) is 0 Å². The Labute approximate surface area is 138 Å². The number of methoxy groups -OCH3 is 1. The van der Waals surface area contributed by atoms with Crippen LogP contribution in [0.1, 0.15) is 17.4 Å². The second-order valence-corrected chi connectivity index (χ2v) is 5.20. The third kappa shape index (κ3) is 5.12. The molecule has 1 aromatic carbocycles. The van der Waals surface area contributed by atoms with Gasteiger partial charge in [-0.15, -0.1) is 0 Å². The Morgan fingerprint density at radius 3 is 2.48 bits per heavy atom. The van der Waals surface area contributed by atoms with E-state index >= 15 is 0 Å². The number of hydrogen-bond donors (Lipinski definition) is 2. The number of amides is 2. The van der Waals surface area contributed by atoms with Crippen LogP contribution in [0.2, 0.25) is 5.02 Å². The van der Waals surface area contributed by atoms with E-state index in [9.17, 15) is 9.59 Å². The molecule has 1 heterocycles. The Morgan fingerprint density at radius 2 is 1.87 bits per heavy atom. The van der Waals surface area contributed by atoms with Gasteiger partial charge in [-0.3, -0.25) is 9.59 Å². The summed E-state index contributed by atoms with van der Waals surface area (Å²) in [6, 6.07) is 10.4. The van der Waals surface area contributed by atoms with E-state index in [1.165, 1.54) is 13.4 Å². The molecule has 0 bridgehead atoms. The third-order valence-corrected chi connectivity index (χ3v) is 3.42. The fourth-order valence-electron chi connectivity index (χ4n) is 1.91. The molecular formula is C16H17ClN2O4. The zero-order chi connectivity index (χ0) is 16.7. The molecule has 0 aliphatic rings. The zero-order valence-electron chi connectivity index (χ0n) is 12.5. The highest BCUT2D eigenvalue weighted by Crippen LogP contribution is 2.15. The van der Waals surface area contributed by atoms with Gasteiger partial charge in [-0.2, -0.15) is 0 Å². The third-order valence-electron chi connectivity index (χ3n) is 3.17. The number of benzene rings is 1. The predicted molar refractivity (Wildman–Crippen MR) is 84.8 cm³/mol. The summed E-state index contributed by atoms with van der Waals surface area (Å²) in [5, 5.41) is 5.66. The Morgan fingerprint density at radius 1 is 1.17 bits per heavy atom. The second-order valence-electron chi connectivity index (χ2n) is 4.76. The van der Waals surface area contributed by atoms with Gasteiger partial charge >= 0.3 is 11.8 Å². The standard InChI is InChI=1S/C16H17ClN2O4/c1-22-14(13-3-2-8-23-13)10-19-16(21)15(20)18-9-11-4-6-12(17)7-5-11/h2-8,14H,9-10H2,1H3,(H,18,20)(H,19,21). The Hall–Kier alpha value is -2.31. The lowest BCUT2D eigenvalue weighted by Crippen LogP contribution is -2.41. The van der Waals surface area contributed by atoms with Gasteiger partial charge < -0.3 is 19.8 Å². The lowest BCUT2D eigenvalue weighted by molar-refractivity contribution is -0.139. The quantitative estimate of drug-likeness (QED) is 0.791. The molecule has 1 unspecified atom stereocenters. The van der Waals surface area contributed by atoms with Crippen LogP contribution < -0.4 is 10.6 Å². The van der Waals surface area contributed by atoms with E-state index < -0.39 is 17.9 Å². The van der Waals surface area contributed by atoms with Gasteiger partial charge in [0.15, 0.2) is 0 Å². The molecule has 0 aliphatic heterocycles. The van der Waals surface area contributed by atoms with E-state index in [0.717, 1.165) is 5.56 Å². The smallest absolute Gasteiger partial charge is 0.309 e. The number of nitrogens with one attached hydrogen (secondary N) is 2. The first-order valence-corrected chi connectivity index (χ1v) is 7.34. The molecule has 122 valence electrons. The number of furan rings is 1. The monoisotopic (exact) mass is 336 g/mol. The highest BCUT2D eigenvalue weighted by atomic mass is 35.5. The van der Waals surface area contributed by atoms with Gasteiger partial charge in [-0.05, 0) is 29.8 Å². The first-order chi connectivity index (χ1) is 11.1. The first-order valence-electron chi connectivity index (χ1n) is 6.97. The van der Waals surface area contributed by atoms with Crippen LogP contribution >= 0.6 is 11.6 Å². The number of ether oxygens (including phenoxy) is 1. The molecule has 2 aromatic rings. The van der Waals surface area contributed by atoms with Crippen LogP contribution in [0, 0.1) is 0 Å². The van der Waals surface area contributed by atoms with Crippen molar-refractivity contribution in [3.05, 3.63) is 59.0 Å². The molecule has 2 N–H and O–H groups in total. The van der Waals surface area contributed by atoms with Crippen LogP contribution in [-0.2, 0) is 20.9 Å². The fourth-order valence-corrected chi connectivity index (χ4v) is 2.03. The molecule has 0 saturated carbocycles. The summed E-state index contributed by atoms with van der Waals surface area (Å²) >= 11 is 5.78. The van der Waals surface area contributed by atoms with Crippen LogP contribution in [0.15, 0.2) is 47.1 Å². The summed E-state index contributed by atoms with van der Waals surface area (Å²) in [6.07, 6.45) is 1.07. The Balaban J connectivity index is 1.78. The molecule has 1 atom stereocenters. The van der Waals surface area contributed by atoms with Crippen molar-refractivity contribution in [3.63, 3.8) is 0 Å². The zero-order valence-corrected chi connectivity index (χ0v) is 13.3. The van der Waals surface area contributed by atoms with Crippen LogP contribution in [0.3, 0.4) is 0 Å². The van der Waals surface area contributed by atoms with E-state index in [2.05, 4.69) is 10.6 Å². The van der Waals surface area contributed by atoms with Gasteiger partial charge in [0.2, 0.25) is 0 Å². The van der Waals surface area contributed by atoms with Crippen molar-refractivity contribution in [1.82, 2.24) is 10.6 Å². The van der Waals surface area contributed by atoms with Crippen LogP contribution in [0.4, 0.5) is 0 Å². The van der Waals surface area contributed by atoms with Gasteiger partial charge in [-0.1, -0.05) is 23.7 Å². The summed E-state index contributed by atoms with van der Waals surface area (Å²) in [6.45, 7) is 0.381. The van der Waals surface area contributed by atoms with Gasteiger partial charge in [0.1, 0.15) is 11.9 Å². The average Bonchev–Trinajstić information content (AvgIpc) is 3.08.